The maximum Gasteiger partial charge on any atom is 0.161 e. The number of hydrogen-bond acceptors (Lipinski definition) is 1. The van der Waals surface area contributed by atoms with Crippen molar-refractivity contribution < 1.29 is 13.2 Å². The van der Waals surface area contributed by atoms with E-state index < -0.39 is 17.5 Å². The van der Waals surface area contributed by atoms with Crippen molar-refractivity contribution in [3.05, 3.63) is 35.1 Å². The van der Waals surface area contributed by atoms with Gasteiger partial charge in [-0.3, -0.25) is 0 Å². The molecule has 1 atom stereocenters. The van der Waals surface area contributed by atoms with Crippen molar-refractivity contribution in [1.29, 1.82) is 0 Å². The van der Waals surface area contributed by atoms with Gasteiger partial charge in [-0.1, -0.05) is 34.6 Å². The van der Waals surface area contributed by atoms with Crippen molar-refractivity contribution in [2.45, 2.75) is 47.1 Å². The molecule has 0 spiro atoms. The SMILES string of the molecule is CCCNC(c1cc(F)c(F)cc1F)C1C(C)(C)C1(C)C. The largest absolute Gasteiger partial charge is 0.310 e. The van der Waals surface area contributed by atoms with Gasteiger partial charge in [0.1, 0.15) is 5.82 Å². The number of halogens is 3. The van der Waals surface area contributed by atoms with E-state index in [1.807, 2.05) is 6.92 Å². The smallest absolute Gasteiger partial charge is 0.161 e. The molecule has 1 aliphatic carbocycles. The zero-order valence-electron chi connectivity index (χ0n) is 13.4. The van der Waals surface area contributed by atoms with Gasteiger partial charge < -0.3 is 5.32 Å². The number of rotatable bonds is 5. The lowest BCUT2D eigenvalue weighted by Crippen LogP contribution is -2.27. The molecule has 4 heteroatoms. The molecule has 0 saturated heterocycles. The van der Waals surface area contributed by atoms with Crippen molar-refractivity contribution >= 4 is 0 Å². The summed E-state index contributed by atoms with van der Waals surface area (Å²) in [5, 5.41) is 3.32. The third-order valence-electron chi connectivity index (χ3n) is 5.45. The highest BCUT2D eigenvalue weighted by Crippen LogP contribution is 2.72. The van der Waals surface area contributed by atoms with Crippen LogP contribution in [0.1, 0.15) is 52.6 Å². The Labute approximate surface area is 124 Å². The Morgan fingerprint density at radius 3 is 2.00 bits per heavy atom. The molecule has 118 valence electrons. The minimum atomic E-state index is -1.14. The molecule has 0 aromatic heterocycles. The second-order valence-corrected chi connectivity index (χ2v) is 7.14. The molecule has 1 nitrogen and oxygen atoms in total. The van der Waals surface area contributed by atoms with Crippen LogP contribution in [-0.2, 0) is 0 Å². The van der Waals surface area contributed by atoms with Crippen LogP contribution in [0.4, 0.5) is 13.2 Å². The average molecular weight is 299 g/mol. The van der Waals surface area contributed by atoms with Crippen LogP contribution in [0.25, 0.3) is 0 Å². The summed E-state index contributed by atoms with van der Waals surface area (Å²) in [6.07, 6.45) is 0.898. The van der Waals surface area contributed by atoms with Crippen LogP contribution in [-0.4, -0.2) is 6.54 Å². The van der Waals surface area contributed by atoms with Crippen molar-refractivity contribution in [3.8, 4) is 0 Å². The second kappa shape index (κ2) is 5.31. The van der Waals surface area contributed by atoms with Crippen molar-refractivity contribution in [2.75, 3.05) is 6.54 Å². The average Bonchev–Trinajstić information content (AvgIpc) is 2.78. The molecule has 0 heterocycles. The molecule has 1 aromatic rings. The van der Waals surface area contributed by atoms with Gasteiger partial charge in [0.2, 0.25) is 0 Å². The van der Waals surface area contributed by atoms with Crippen molar-refractivity contribution in [1.82, 2.24) is 5.32 Å². The maximum atomic E-state index is 14.2. The van der Waals surface area contributed by atoms with Crippen molar-refractivity contribution in [3.63, 3.8) is 0 Å². The first-order chi connectivity index (χ1) is 9.64. The molecule has 1 saturated carbocycles. The second-order valence-electron chi connectivity index (χ2n) is 7.14. The summed E-state index contributed by atoms with van der Waals surface area (Å²) in [4.78, 5) is 0. The Morgan fingerprint density at radius 2 is 1.52 bits per heavy atom. The van der Waals surface area contributed by atoms with Crippen LogP contribution >= 0.6 is 0 Å². The summed E-state index contributed by atoms with van der Waals surface area (Å²) in [5.41, 5.74) is 0.275. The fourth-order valence-corrected chi connectivity index (χ4v) is 3.56. The van der Waals surface area contributed by atoms with E-state index in [-0.39, 0.29) is 28.4 Å². The van der Waals surface area contributed by atoms with E-state index in [1.54, 1.807) is 0 Å². The summed E-state index contributed by atoms with van der Waals surface area (Å²) < 4.78 is 40.9. The zero-order valence-corrected chi connectivity index (χ0v) is 13.4. The Bertz CT molecular complexity index is 523. The molecule has 21 heavy (non-hydrogen) atoms. The van der Waals surface area contributed by atoms with E-state index in [0.29, 0.717) is 12.6 Å². The zero-order chi connectivity index (χ0) is 16.0. The quantitative estimate of drug-likeness (QED) is 0.768. The van der Waals surface area contributed by atoms with Crippen LogP contribution < -0.4 is 5.32 Å². The van der Waals surface area contributed by atoms with Gasteiger partial charge in [-0.05, 0) is 35.8 Å². The Kier molecular flexibility index (Phi) is 4.13. The molecule has 1 unspecified atom stereocenters. The lowest BCUT2D eigenvalue weighted by Gasteiger charge is -2.22. The maximum absolute atomic E-state index is 14.2. The van der Waals surface area contributed by atoms with E-state index >= 15 is 0 Å². The van der Waals surface area contributed by atoms with Crippen LogP contribution in [0, 0.1) is 34.2 Å². The van der Waals surface area contributed by atoms with E-state index in [4.69, 9.17) is 0 Å². The Morgan fingerprint density at radius 1 is 1.00 bits per heavy atom. The minimum Gasteiger partial charge on any atom is -0.310 e. The van der Waals surface area contributed by atoms with Crippen LogP contribution in [0.5, 0.6) is 0 Å². The van der Waals surface area contributed by atoms with Crippen molar-refractivity contribution in [2.24, 2.45) is 16.7 Å². The van der Waals surface area contributed by atoms with Gasteiger partial charge in [0.25, 0.3) is 0 Å². The summed E-state index contributed by atoms with van der Waals surface area (Å²) in [5.74, 6) is -2.64. The molecule has 1 aromatic carbocycles. The fourth-order valence-electron chi connectivity index (χ4n) is 3.56. The summed E-state index contributed by atoms with van der Waals surface area (Å²) >= 11 is 0. The van der Waals surface area contributed by atoms with Crippen LogP contribution in [0.2, 0.25) is 0 Å². The lowest BCUT2D eigenvalue weighted by molar-refractivity contribution is 0.390. The highest BCUT2D eigenvalue weighted by Gasteiger charge is 2.67. The highest BCUT2D eigenvalue weighted by atomic mass is 19.2. The molecule has 1 aliphatic rings. The van der Waals surface area contributed by atoms with Gasteiger partial charge in [0, 0.05) is 17.7 Å². The van der Waals surface area contributed by atoms with Gasteiger partial charge in [0.05, 0.1) is 0 Å². The summed E-state index contributed by atoms with van der Waals surface area (Å²) in [7, 11) is 0. The standard InChI is InChI=1S/C17H24F3N/c1-6-7-21-14(15-16(2,3)17(15,4)5)10-8-12(19)13(20)9-11(10)18/h8-9,14-15,21H,6-7H2,1-5H3. The monoisotopic (exact) mass is 299 g/mol. The molecule has 2 rings (SSSR count). The topological polar surface area (TPSA) is 12.0 Å². The molecule has 0 amide bonds. The first-order valence-electron chi connectivity index (χ1n) is 7.52. The first-order valence-corrected chi connectivity index (χ1v) is 7.52. The first kappa shape index (κ1) is 16.3. The molecular weight excluding hydrogens is 275 g/mol. The van der Waals surface area contributed by atoms with E-state index in [1.165, 1.54) is 0 Å². The fraction of sp³-hybridized carbons (Fsp3) is 0.647. The molecule has 0 bridgehead atoms. The molecular formula is C17H24F3N. The molecule has 1 N–H and O–H groups in total. The summed E-state index contributed by atoms with van der Waals surface area (Å²) in [6.45, 7) is 11.3. The predicted molar refractivity (Wildman–Crippen MR) is 78.4 cm³/mol. The van der Waals surface area contributed by atoms with Crippen LogP contribution in [0.3, 0.4) is 0 Å². The minimum absolute atomic E-state index is 0.0235. The molecule has 0 radical (unpaired) electrons. The van der Waals surface area contributed by atoms with E-state index in [2.05, 4.69) is 33.0 Å². The van der Waals surface area contributed by atoms with Gasteiger partial charge >= 0.3 is 0 Å². The van der Waals surface area contributed by atoms with E-state index in [9.17, 15) is 13.2 Å². The molecule has 0 aliphatic heterocycles. The normalized spacial score (nSPS) is 21.3. The third kappa shape index (κ3) is 2.59. The van der Waals surface area contributed by atoms with Gasteiger partial charge in [-0.15, -0.1) is 0 Å². The van der Waals surface area contributed by atoms with Crippen LogP contribution in [0.15, 0.2) is 12.1 Å². The molecule has 1 fully saturated rings. The summed E-state index contributed by atoms with van der Waals surface area (Å²) in [6, 6.07) is 1.35. The lowest BCUT2D eigenvalue weighted by atomic mass is 9.95. The highest BCUT2D eigenvalue weighted by molar-refractivity contribution is 5.29. The number of hydrogen-bond donors (Lipinski definition) is 1. The number of benzene rings is 1. The third-order valence-corrected chi connectivity index (χ3v) is 5.45. The predicted octanol–water partition coefficient (Wildman–Crippen LogP) is 4.83. The van der Waals surface area contributed by atoms with Gasteiger partial charge in [-0.2, -0.15) is 0 Å². The Hall–Kier alpha value is -1.03. The number of nitrogens with one attached hydrogen (secondary N) is 1. The van der Waals surface area contributed by atoms with Gasteiger partial charge in [0.15, 0.2) is 11.6 Å². The van der Waals surface area contributed by atoms with E-state index in [0.717, 1.165) is 12.5 Å². The van der Waals surface area contributed by atoms with Gasteiger partial charge in [-0.25, -0.2) is 13.2 Å². The Balaban J connectivity index is 2.41.